The van der Waals surface area contributed by atoms with Crippen molar-refractivity contribution < 1.29 is 0 Å². The molecule has 0 fully saturated rings. The third-order valence-electron chi connectivity index (χ3n) is 2.25. The molecule has 0 saturated heterocycles. The summed E-state index contributed by atoms with van der Waals surface area (Å²) in [6, 6.07) is 6.40. The van der Waals surface area contributed by atoms with E-state index in [2.05, 4.69) is 36.7 Å². The molecule has 1 aromatic carbocycles. The molecule has 74 valence electrons. The average molecular weight is 187 g/mol. The van der Waals surface area contributed by atoms with E-state index in [1.807, 2.05) is 19.2 Å². The topological polar surface area (TPSA) is 12.0 Å². The molecule has 0 aliphatic carbocycles. The van der Waals surface area contributed by atoms with Gasteiger partial charge in [-0.15, -0.1) is 0 Å². The van der Waals surface area contributed by atoms with Crippen molar-refractivity contribution in [3.63, 3.8) is 0 Å². The van der Waals surface area contributed by atoms with Gasteiger partial charge < -0.3 is 5.32 Å². The highest BCUT2D eigenvalue weighted by molar-refractivity contribution is 5.64. The number of benzene rings is 1. The van der Waals surface area contributed by atoms with Crippen molar-refractivity contribution in [3.05, 3.63) is 48.0 Å². The molecular formula is C13H17N. The van der Waals surface area contributed by atoms with Crippen LogP contribution in [0.25, 0.3) is 12.2 Å². The summed E-state index contributed by atoms with van der Waals surface area (Å²) in [6.45, 7) is 8.57. The Hall–Kier alpha value is -1.34. The van der Waals surface area contributed by atoms with Crippen LogP contribution in [-0.2, 0) is 6.42 Å². The molecule has 0 atom stereocenters. The molecule has 0 saturated carbocycles. The van der Waals surface area contributed by atoms with E-state index < -0.39 is 0 Å². The van der Waals surface area contributed by atoms with E-state index >= 15 is 0 Å². The Morgan fingerprint density at radius 3 is 2.50 bits per heavy atom. The summed E-state index contributed by atoms with van der Waals surface area (Å²) in [5, 5.41) is 3.14. The van der Waals surface area contributed by atoms with Crippen molar-refractivity contribution in [3.8, 4) is 0 Å². The molecule has 0 heterocycles. The van der Waals surface area contributed by atoms with Crippen LogP contribution < -0.4 is 5.32 Å². The van der Waals surface area contributed by atoms with Crippen LogP contribution in [0.2, 0.25) is 0 Å². The van der Waals surface area contributed by atoms with E-state index in [1.165, 1.54) is 5.56 Å². The molecule has 0 amide bonds. The molecule has 1 aromatic rings. The lowest BCUT2D eigenvalue weighted by atomic mass is 10.0. The predicted octanol–water partition coefficient (Wildman–Crippen LogP) is 2.73. The average Bonchev–Trinajstić information content (AvgIpc) is 2.25. The Morgan fingerprint density at radius 2 is 1.93 bits per heavy atom. The van der Waals surface area contributed by atoms with Gasteiger partial charge in [-0.3, -0.25) is 0 Å². The van der Waals surface area contributed by atoms with Gasteiger partial charge in [-0.2, -0.15) is 0 Å². The van der Waals surface area contributed by atoms with Gasteiger partial charge in [0.05, 0.1) is 0 Å². The van der Waals surface area contributed by atoms with Crippen molar-refractivity contribution in [2.24, 2.45) is 0 Å². The van der Waals surface area contributed by atoms with Crippen molar-refractivity contribution in [1.82, 2.24) is 5.32 Å². The van der Waals surface area contributed by atoms with Crippen LogP contribution in [0.3, 0.4) is 0 Å². The van der Waals surface area contributed by atoms with Gasteiger partial charge in [-0.1, -0.05) is 43.5 Å². The summed E-state index contributed by atoms with van der Waals surface area (Å²) in [5.41, 5.74) is 3.64. The van der Waals surface area contributed by atoms with Crippen molar-refractivity contribution >= 4 is 12.2 Å². The molecule has 0 aliphatic rings. The fourth-order valence-electron chi connectivity index (χ4n) is 1.41. The fourth-order valence-corrected chi connectivity index (χ4v) is 1.41. The fraction of sp³-hybridized carbons (Fsp3) is 0.231. The van der Waals surface area contributed by atoms with Gasteiger partial charge in [0.2, 0.25) is 0 Å². The summed E-state index contributed by atoms with van der Waals surface area (Å²) in [7, 11) is 1.96. The molecule has 1 N–H and O–H groups in total. The molecule has 1 rings (SSSR count). The van der Waals surface area contributed by atoms with Gasteiger partial charge in [-0.05, 0) is 36.7 Å². The third kappa shape index (κ3) is 2.57. The molecule has 14 heavy (non-hydrogen) atoms. The van der Waals surface area contributed by atoms with E-state index in [4.69, 9.17) is 0 Å². The van der Waals surface area contributed by atoms with Gasteiger partial charge in [0.15, 0.2) is 0 Å². The van der Waals surface area contributed by atoms with Crippen LogP contribution in [0, 0.1) is 0 Å². The van der Waals surface area contributed by atoms with Crippen molar-refractivity contribution in [1.29, 1.82) is 0 Å². The normalized spacial score (nSPS) is 9.79. The zero-order chi connectivity index (χ0) is 10.4. The Bertz CT molecular complexity index is 326. The van der Waals surface area contributed by atoms with E-state index in [0.717, 1.165) is 24.1 Å². The van der Waals surface area contributed by atoms with Gasteiger partial charge in [0.1, 0.15) is 0 Å². The molecule has 1 heteroatoms. The highest BCUT2D eigenvalue weighted by Gasteiger charge is 1.97. The van der Waals surface area contributed by atoms with E-state index in [0.29, 0.717) is 0 Å². The third-order valence-corrected chi connectivity index (χ3v) is 2.25. The lowest BCUT2D eigenvalue weighted by Gasteiger charge is -2.05. The van der Waals surface area contributed by atoms with E-state index in [-0.39, 0.29) is 0 Å². The van der Waals surface area contributed by atoms with Crippen LogP contribution in [0.5, 0.6) is 0 Å². The number of likely N-dealkylation sites (N-methyl/N-ethyl adjacent to an activating group) is 1. The Balaban J connectivity index is 2.89. The summed E-state index contributed by atoms with van der Waals surface area (Å²) in [5.74, 6) is 0. The minimum atomic E-state index is 1.00. The van der Waals surface area contributed by atoms with Crippen molar-refractivity contribution in [2.75, 3.05) is 13.6 Å². The minimum Gasteiger partial charge on any atom is -0.319 e. The second-order valence-corrected chi connectivity index (χ2v) is 3.23. The number of hydrogen-bond acceptors (Lipinski definition) is 1. The monoisotopic (exact) mass is 187 g/mol. The van der Waals surface area contributed by atoms with Crippen LogP contribution in [0.1, 0.15) is 16.7 Å². The van der Waals surface area contributed by atoms with Crippen LogP contribution in [0.4, 0.5) is 0 Å². The van der Waals surface area contributed by atoms with E-state index in [1.54, 1.807) is 0 Å². The van der Waals surface area contributed by atoms with Gasteiger partial charge >= 0.3 is 0 Å². The molecule has 0 aliphatic heterocycles. The maximum Gasteiger partial charge on any atom is -0.00114 e. The lowest BCUT2D eigenvalue weighted by Crippen LogP contribution is -2.10. The quantitative estimate of drug-likeness (QED) is 0.747. The molecule has 0 aromatic heterocycles. The summed E-state index contributed by atoms with van der Waals surface area (Å²) >= 11 is 0. The van der Waals surface area contributed by atoms with Crippen molar-refractivity contribution in [2.45, 2.75) is 6.42 Å². The number of rotatable bonds is 5. The number of nitrogens with one attached hydrogen (secondary N) is 1. The first-order valence-electron chi connectivity index (χ1n) is 4.84. The largest absolute Gasteiger partial charge is 0.319 e. The Labute approximate surface area is 86.2 Å². The van der Waals surface area contributed by atoms with Gasteiger partial charge in [0, 0.05) is 0 Å². The highest BCUT2D eigenvalue weighted by Crippen LogP contribution is 2.14. The first kappa shape index (κ1) is 10.7. The Kier molecular flexibility index (Phi) is 4.14. The molecule has 0 radical (unpaired) electrons. The second-order valence-electron chi connectivity index (χ2n) is 3.23. The first-order chi connectivity index (χ1) is 6.81. The van der Waals surface area contributed by atoms with Gasteiger partial charge in [-0.25, -0.2) is 0 Å². The maximum atomic E-state index is 3.80. The first-order valence-corrected chi connectivity index (χ1v) is 4.84. The second kappa shape index (κ2) is 5.40. The van der Waals surface area contributed by atoms with Crippen LogP contribution in [-0.4, -0.2) is 13.6 Å². The van der Waals surface area contributed by atoms with Crippen LogP contribution in [0.15, 0.2) is 31.4 Å². The maximum absolute atomic E-state index is 3.80. The lowest BCUT2D eigenvalue weighted by molar-refractivity contribution is 0.791. The molecule has 0 bridgehead atoms. The SMILES string of the molecule is C=Cc1ccc(CCNC)cc1C=C. The molecule has 1 nitrogen and oxygen atoms in total. The smallest absolute Gasteiger partial charge is 0.00114 e. The molecular weight excluding hydrogens is 170 g/mol. The predicted molar refractivity (Wildman–Crippen MR) is 64.3 cm³/mol. The summed E-state index contributed by atoms with van der Waals surface area (Å²) in [4.78, 5) is 0. The highest BCUT2D eigenvalue weighted by atomic mass is 14.8. The van der Waals surface area contributed by atoms with Crippen LogP contribution >= 0.6 is 0 Å². The summed E-state index contributed by atoms with van der Waals surface area (Å²) < 4.78 is 0. The number of hydrogen-bond donors (Lipinski definition) is 1. The zero-order valence-corrected chi connectivity index (χ0v) is 8.72. The molecule has 0 unspecified atom stereocenters. The summed E-state index contributed by atoms with van der Waals surface area (Å²) in [6.07, 6.45) is 4.79. The molecule has 0 spiro atoms. The zero-order valence-electron chi connectivity index (χ0n) is 8.72. The van der Waals surface area contributed by atoms with E-state index in [9.17, 15) is 0 Å². The van der Waals surface area contributed by atoms with Gasteiger partial charge in [0.25, 0.3) is 0 Å². The minimum absolute atomic E-state index is 1.00. The Morgan fingerprint density at radius 1 is 1.21 bits per heavy atom. The standard InChI is InChI=1S/C13H17N/c1-4-12-7-6-11(8-9-14-3)10-13(12)5-2/h4-7,10,14H,1-2,8-9H2,3H3.